The van der Waals surface area contributed by atoms with Gasteiger partial charge in [-0.3, -0.25) is 18.7 Å². The molecule has 1 N–H and O–H groups in total. The number of imidazole rings is 1. The number of hydrogen-bond donors (Lipinski definition) is 1. The number of esters is 1. The maximum atomic E-state index is 13.2. The number of aromatic nitrogens is 4. The highest BCUT2D eigenvalue weighted by atomic mass is 16.5. The van der Waals surface area contributed by atoms with Crippen LogP contribution in [-0.4, -0.2) is 71.4 Å². The standard InChI is InChI=1S/C19H27N7O3/c1-5-7-10-26-15-16(22-19(26)25-11-8-20-9-12-25)21-18(24(4)17(15)28)23(3)13-14(27)29-6-2/h20H,6,8-13H2,1-4H3. The molecular weight excluding hydrogens is 374 g/mol. The highest BCUT2D eigenvalue weighted by molar-refractivity contribution is 5.78. The lowest BCUT2D eigenvalue weighted by molar-refractivity contribution is -0.141. The lowest BCUT2D eigenvalue weighted by Crippen LogP contribution is -2.44. The number of anilines is 2. The van der Waals surface area contributed by atoms with E-state index in [0.717, 1.165) is 26.2 Å². The third-order valence-corrected chi connectivity index (χ3v) is 4.77. The van der Waals surface area contributed by atoms with E-state index in [0.29, 0.717) is 36.2 Å². The van der Waals surface area contributed by atoms with E-state index >= 15 is 0 Å². The Morgan fingerprint density at radius 2 is 2.03 bits per heavy atom. The van der Waals surface area contributed by atoms with Crippen LogP contribution in [0.25, 0.3) is 11.2 Å². The molecule has 0 radical (unpaired) electrons. The smallest absolute Gasteiger partial charge is 0.325 e. The first kappa shape index (κ1) is 20.7. The number of carbonyl (C=O) groups excluding carboxylic acids is 1. The molecule has 1 fully saturated rings. The van der Waals surface area contributed by atoms with Crippen LogP contribution in [0.1, 0.15) is 13.8 Å². The predicted octanol–water partition coefficient (Wildman–Crippen LogP) is -0.438. The molecule has 0 aromatic carbocycles. The highest BCUT2D eigenvalue weighted by Crippen LogP contribution is 2.21. The third kappa shape index (κ3) is 4.19. The maximum absolute atomic E-state index is 13.2. The fourth-order valence-electron chi connectivity index (χ4n) is 3.36. The maximum Gasteiger partial charge on any atom is 0.325 e. The Labute approximate surface area is 169 Å². The first-order valence-electron chi connectivity index (χ1n) is 9.67. The van der Waals surface area contributed by atoms with Crippen molar-refractivity contribution in [2.45, 2.75) is 20.4 Å². The molecular formula is C19H27N7O3. The monoisotopic (exact) mass is 401 g/mol. The molecule has 0 bridgehead atoms. The Balaban J connectivity index is 2.09. The van der Waals surface area contributed by atoms with Crippen molar-refractivity contribution < 1.29 is 9.53 Å². The molecule has 2 aromatic heterocycles. The van der Waals surface area contributed by atoms with Crippen molar-refractivity contribution in [3.63, 3.8) is 0 Å². The minimum atomic E-state index is -0.380. The molecule has 0 saturated carbocycles. The van der Waals surface area contributed by atoms with E-state index in [9.17, 15) is 9.59 Å². The second-order valence-corrected chi connectivity index (χ2v) is 6.77. The molecule has 1 saturated heterocycles. The molecule has 1 aliphatic rings. The number of nitrogens with zero attached hydrogens (tertiary/aromatic N) is 6. The molecule has 0 aliphatic carbocycles. The fourth-order valence-corrected chi connectivity index (χ4v) is 3.36. The first-order chi connectivity index (χ1) is 14.0. The first-order valence-corrected chi connectivity index (χ1v) is 9.67. The summed E-state index contributed by atoms with van der Waals surface area (Å²) < 4.78 is 8.26. The molecule has 29 heavy (non-hydrogen) atoms. The zero-order valence-corrected chi connectivity index (χ0v) is 17.4. The van der Waals surface area contributed by atoms with Crippen LogP contribution in [0.3, 0.4) is 0 Å². The molecule has 3 heterocycles. The van der Waals surface area contributed by atoms with Gasteiger partial charge in [0.1, 0.15) is 6.54 Å². The van der Waals surface area contributed by atoms with Gasteiger partial charge in [0, 0.05) is 40.3 Å². The van der Waals surface area contributed by atoms with Gasteiger partial charge >= 0.3 is 5.97 Å². The van der Waals surface area contributed by atoms with Gasteiger partial charge in [0.25, 0.3) is 5.56 Å². The predicted molar refractivity (Wildman–Crippen MR) is 111 cm³/mol. The van der Waals surface area contributed by atoms with Gasteiger partial charge in [-0.15, -0.1) is 5.92 Å². The summed E-state index contributed by atoms with van der Waals surface area (Å²) in [6.45, 7) is 7.45. The zero-order valence-electron chi connectivity index (χ0n) is 17.4. The fraction of sp³-hybridized carbons (Fsp3) is 0.579. The highest BCUT2D eigenvalue weighted by Gasteiger charge is 2.24. The van der Waals surface area contributed by atoms with Crippen LogP contribution in [0, 0.1) is 11.8 Å². The largest absolute Gasteiger partial charge is 0.465 e. The summed E-state index contributed by atoms with van der Waals surface area (Å²) in [5.41, 5.74) is 0.537. The minimum Gasteiger partial charge on any atom is -0.465 e. The number of fused-ring (bicyclic) bond motifs is 1. The van der Waals surface area contributed by atoms with Gasteiger partial charge in [-0.25, -0.2) is 0 Å². The van der Waals surface area contributed by atoms with E-state index in [1.807, 2.05) is 4.57 Å². The Kier molecular flexibility index (Phi) is 6.39. The third-order valence-electron chi connectivity index (χ3n) is 4.77. The molecule has 10 nitrogen and oxygen atoms in total. The zero-order chi connectivity index (χ0) is 21.0. The number of nitrogens with one attached hydrogen (secondary N) is 1. The summed E-state index contributed by atoms with van der Waals surface area (Å²) in [5, 5.41) is 3.32. The lowest BCUT2D eigenvalue weighted by atomic mass is 10.4. The SMILES string of the molecule is CC#CCn1c(N2CCNCC2)nc2nc(N(C)CC(=O)OCC)n(C)c(=O)c21. The van der Waals surface area contributed by atoms with E-state index in [-0.39, 0.29) is 18.1 Å². The van der Waals surface area contributed by atoms with E-state index in [2.05, 4.69) is 32.0 Å². The number of likely N-dealkylation sites (N-methyl/N-ethyl adjacent to an activating group) is 1. The lowest BCUT2D eigenvalue weighted by Gasteiger charge is -2.28. The van der Waals surface area contributed by atoms with Crippen LogP contribution in [-0.2, 0) is 23.1 Å². The minimum absolute atomic E-state index is 0.00764. The second-order valence-electron chi connectivity index (χ2n) is 6.77. The van der Waals surface area contributed by atoms with Crippen molar-refractivity contribution in [3.8, 4) is 11.8 Å². The van der Waals surface area contributed by atoms with Crippen LogP contribution < -0.4 is 20.7 Å². The van der Waals surface area contributed by atoms with Crippen molar-refractivity contribution >= 4 is 29.0 Å². The second kappa shape index (κ2) is 8.96. The summed E-state index contributed by atoms with van der Waals surface area (Å²) in [4.78, 5) is 38.0. The Hall–Kier alpha value is -3.06. The molecule has 3 rings (SSSR count). The van der Waals surface area contributed by atoms with Crippen molar-refractivity contribution in [2.75, 3.05) is 56.2 Å². The molecule has 2 aromatic rings. The molecule has 0 spiro atoms. The van der Waals surface area contributed by atoms with Crippen LogP contribution in [0.15, 0.2) is 4.79 Å². The number of ether oxygens (including phenoxy) is 1. The van der Waals surface area contributed by atoms with E-state index in [1.54, 1.807) is 32.8 Å². The molecule has 0 amide bonds. The molecule has 0 unspecified atom stereocenters. The van der Waals surface area contributed by atoms with Gasteiger partial charge in [-0.05, 0) is 13.8 Å². The Bertz CT molecular complexity index is 1010. The van der Waals surface area contributed by atoms with Gasteiger partial charge in [-0.1, -0.05) is 5.92 Å². The molecule has 156 valence electrons. The normalized spacial score (nSPS) is 13.9. The average molecular weight is 401 g/mol. The van der Waals surface area contributed by atoms with Crippen molar-refractivity contribution in [2.24, 2.45) is 7.05 Å². The van der Waals surface area contributed by atoms with Crippen LogP contribution in [0.2, 0.25) is 0 Å². The summed E-state index contributed by atoms with van der Waals surface area (Å²) in [6.07, 6.45) is 0. The van der Waals surface area contributed by atoms with Crippen molar-refractivity contribution in [1.29, 1.82) is 0 Å². The summed E-state index contributed by atoms with van der Waals surface area (Å²) in [5.74, 6) is 6.58. The van der Waals surface area contributed by atoms with Crippen LogP contribution in [0.4, 0.5) is 11.9 Å². The van der Waals surface area contributed by atoms with Crippen molar-refractivity contribution in [1.82, 2.24) is 24.4 Å². The number of carbonyl (C=O) groups is 1. The van der Waals surface area contributed by atoms with Gasteiger partial charge in [0.15, 0.2) is 11.2 Å². The van der Waals surface area contributed by atoms with E-state index in [4.69, 9.17) is 4.74 Å². The molecule has 0 atom stereocenters. The van der Waals surface area contributed by atoms with Crippen molar-refractivity contribution in [3.05, 3.63) is 10.4 Å². The topological polar surface area (TPSA) is 97.5 Å². The Morgan fingerprint density at radius 1 is 1.31 bits per heavy atom. The van der Waals surface area contributed by atoms with Gasteiger partial charge in [0.2, 0.25) is 11.9 Å². The van der Waals surface area contributed by atoms with Gasteiger partial charge in [-0.2, -0.15) is 9.97 Å². The summed E-state index contributed by atoms with van der Waals surface area (Å²) in [7, 11) is 3.33. The quantitative estimate of drug-likeness (QED) is 0.514. The number of rotatable bonds is 6. The number of piperazine rings is 1. The molecule has 10 heteroatoms. The van der Waals surface area contributed by atoms with Gasteiger partial charge < -0.3 is 19.9 Å². The summed E-state index contributed by atoms with van der Waals surface area (Å²) >= 11 is 0. The van der Waals surface area contributed by atoms with E-state index in [1.165, 1.54) is 4.57 Å². The Morgan fingerprint density at radius 3 is 2.69 bits per heavy atom. The van der Waals surface area contributed by atoms with E-state index < -0.39 is 0 Å². The van der Waals surface area contributed by atoms with Crippen LogP contribution >= 0.6 is 0 Å². The number of hydrogen-bond acceptors (Lipinski definition) is 8. The van der Waals surface area contributed by atoms with Crippen LogP contribution in [0.5, 0.6) is 0 Å². The summed E-state index contributed by atoms with van der Waals surface area (Å²) in [6, 6.07) is 0. The van der Waals surface area contributed by atoms with Gasteiger partial charge in [0.05, 0.1) is 13.2 Å². The molecule has 1 aliphatic heterocycles. The average Bonchev–Trinajstić information content (AvgIpc) is 3.08.